The van der Waals surface area contributed by atoms with Crippen LogP contribution < -0.4 is 4.90 Å². The van der Waals surface area contributed by atoms with Gasteiger partial charge in [-0.05, 0) is 25.8 Å². The minimum Gasteiger partial charge on any atom is -0.383 e. The van der Waals surface area contributed by atoms with Crippen molar-refractivity contribution in [1.82, 2.24) is 9.97 Å². The summed E-state index contributed by atoms with van der Waals surface area (Å²) in [4.78, 5) is 10.9. The molecule has 0 spiro atoms. The van der Waals surface area contributed by atoms with E-state index >= 15 is 0 Å². The number of ether oxygens (including phenoxy) is 1. The highest BCUT2D eigenvalue weighted by molar-refractivity contribution is 5.37. The summed E-state index contributed by atoms with van der Waals surface area (Å²) in [6.07, 6.45) is 2.03. The van der Waals surface area contributed by atoms with E-state index in [2.05, 4.69) is 34.8 Å². The van der Waals surface area contributed by atoms with Crippen LogP contribution in [0.25, 0.3) is 0 Å². The van der Waals surface area contributed by atoms with Crippen LogP contribution in [0, 0.1) is 18.3 Å². The number of hydrogen-bond acceptors (Lipinski definition) is 5. The van der Waals surface area contributed by atoms with Crippen LogP contribution in [0.5, 0.6) is 0 Å². The molecule has 1 aromatic heterocycles. The fourth-order valence-corrected chi connectivity index (χ4v) is 2.10. The predicted octanol–water partition coefficient (Wildman–Crippen LogP) is 2.30. The van der Waals surface area contributed by atoms with Gasteiger partial charge < -0.3 is 9.64 Å². The molecule has 0 saturated carbocycles. The molecule has 1 rings (SSSR count). The number of methoxy groups -OCH3 is 1. The highest BCUT2D eigenvalue weighted by atomic mass is 16.5. The molecule has 19 heavy (non-hydrogen) atoms. The fourth-order valence-electron chi connectivity index (χ4n) is 2.10. The summed E-state index contributed by atoms with van der Waals surface area (Å²) in [5.41, 5.74) is 1.23. The molecule has 0 N–H and O–H groups in total. The molecule has 104 valence electrons. The Morgan fingerprint density at radius 2 is 2.05 bits per heavy atom. The number of anilines is 1. The number of aryl methyl sites for hydroxylation is 1. The molecular weight excluding hydrogens is 240 g/mol. The summed E-state index contributed by atoms with van der Waals surface area (Å²) in [5.74, 6) is 0.627. The summed E-state index contributed by atoms with van der Waals surface area (Å²) in [7, 11) is 1.68. The number of hydrogen-bond donors (Lipinski definition) is 0. The molecule has 0 amide bonds. The van der Waals surface area contributed by atoms with E-state index in [0.717, 1.165) is 25.1 Å². The molecule has 0 fully saturated rings. The zero-order valence-electron chi connectivity index (χ0n) is 12.2. The van der Waals surface area contributed by atoms with Crippen molar-refractivity contribution < 1.29 is 4.74 Å². The van der Waals surface area contributed by atoms with Gasteiger partial charge in [-0.25, -0.2) is 9.97 Å². The van der Waals surface area contributed by atoms with Gasteiger partial charge in [0, 0.05) is 25.4 Å². The van der Waals surface area contributed by atoms with Crippen molar-refractivity contribution in [3.63, 3.8) is 0 Å². The Hall–Kier alpha value is -1.67. The van der Waals surface area contributed by atoms with Gasteiger partial charge >= 0.3 is 0 Å². The van der Waals surface area contributed by atoms with Crippen LogP contribution >= 0.6 is 0 Å². The first kappa shape index (κ1) is 15.4. The highest BCUT2D eigenvalue weighted by Crippen LogP contribution is 2.17. The molecule has 0 aliphatic rings. The number of aromatic nitrogens is 2. The number of rotatable bonds is 7. The predicted molar refractivity (Wildman–Crippen MR) is 75.1 cm³/mol. The molecule has 0 unspecified atom stereocenters. The third kappa shape index (κ3) is 4.18. The SMILES string of the molecule is CCC(CC)N(CCOC)c1nc(C)cc(C#N)n1. The minimum atomic E-state index is 0.364. The van der Waals surface area contributed by atoms with E-state index in [0.29, 0.717) is 24.3 Å². The van der Waals surface area contributed by atoms with Crippen LogP contribution in [-0.4, -0.2) is 36.3 Å². The van der Waals surface area contributed by atoms with E-state index in [4.69, 9.17) is 10.00 Å². The number of nitriles is 1. The van der Waals surface area contributed by atoms with Crippen LogP contribution in [-0.2, 0) is 4.74 Å². The molecule has 0 atom stereocenters. The van der Waals surface area contributed by atoms with E-state index in [1.54, 1.807) is 13.2 Å². The summed E-state index contributed by atoms with van der Waals surface area (Å²) in [5, 5.41) is 9.01. The first-order chi connectivity index (χ1) is 9.15. The molecule has 5 heteroatoms. The van der Waals surface area contributed by atoms with Crippen molar-refractivity contribution in [3.05, 3.63) is 17.5 Å². The standard InChI is InChI=1S/C14H22N4O/c1-5-13(6-2)18(7-8-19-4)14-16-11(3)9-12(10-15)17-14/h9,13H,5-8H2,1-4H3. The van der Waals surface area contributed by atoms with Crippen LogP contribution in [0.2, 0.25) is 0 Å². The average molecular weight is 262 g/mol. The smallest absolute Gasteiger partial charge is 0.227 e. The summed E-state index contributed by atoms with van der Waals surface area (Å²) < 4.78 is 5.16. The maximum absolute atomic E-state index is 9.01. The Morgan fingerprint density at radius 1 is 1.37 bits per heavy atom. The first-order valence-electron chi connectivity index (χ1n) is 6.67. The second kappa shape index (κ2) is 7.70. The van der Waals surface area contributed by atoms with Gasteiger partial charge in [0.2, 0.25) is 5.95 Å². The second-order valence-electron chi connectivity index (χ2n) is 4.46. The minimum absolute atomic E-state index is 0.364. The van der Waals surface area contributed by atoms with Crippen LogP contribution in [0.4, 0.5) is 5.95 Å². The maximum atomic E-state index is 9.01. The first-order valence-corrected chi connectivity index (χ1v) is 6.67. The summed E-state index contributed by atoms with van der Waals surface area (Å²) in [6.45, 7) is 7.53. The van der Waals surface area contributed by atoms with E-state index < -0.39 is 0 Å². The van der Waals surface area contributed by atoms with Crippen molar-refractivity contribution in [3.8, 4) is 6.07 Å². The monoisotopic (exact) mass is 262 g/mol. The van der Waals surface area contributed by atoms with Crippen molar-refractivity contribution in [2.75, 3.05) is 25.2 Å². The fraction of sp³-hybridized carbons (Fsp3) is 0.643. The van der Waals surface area contributed by atoms with Gasteiger partial charge in [0.05, 0.1) is 6.61 Å². The molecule has 0 bridgehead atoms. The quantitative estimate of drug-likeness (QED) is 0.754. The lowest BCUT2D eigenvalue weighted by Gasteiger charge is -2.30. The van der Waals surface area contributed by atoms with Crippen molar-refractivity contribution in [2.24, 2.45) is 0 Å². The zero-order chi connectivity index (χ0) is 14.3. The van der Waals surface area contributed by atoms with Gasteiger partial charge in [-0.15, -0.1) is 0 Å². The third-order valence-corrected chi connectivity index (χ3v) is 3.13. The molecule has 0 radical (unpaired) electrons. The van der Waals surface area contributed by atoms with Gasteiger partial charge in [-0.3, -0.25) is 0 Å². The Bertz CT molecular complexity index is 438. The molecular formula is C14H22N4O. The average Bonchev–Trinajstić information content (AvgIpc) is 2.42. The molecule has 1 heterocycles. The van der Waals surface area contributed by atoms with Gasteiger partial charge in [0.1, 0.15) is 11.8 Å². The molecule has 0 aliphatic carbocycles. The summed E-state index contributed by atoms with van der Waals surface area (Å²) >= 11 is 0. The normalized spacial score (nSPS) is 10.5. The molecule has 1 aromatic rings. The summed E-state index contributed by atoms with van der Waals surface area (Å²) in [6, 6.07) is 4.15. The lowest BCUT2D eigenvalue weighted by Crippen LogP contribution is -2.38. The Kier molecular flexibility index (Phi) is 6.23. The topological polar surface area (TPSA) is 62.0 Å². The van der Waals surface area contributed by atoms with Crippen molar-refractivity contribution in [2.45, 2.75) is 39.7 Å². The Balaban J connectivity index is 3.08. The number of nitrogens with zero attached hydrogens (tertiary/aromatic N) is 4. The van der Waals surface area contributed by atoms with Crippen molar-refractivity contribution in [1.29, 1.82) is 5.26 Å². The molecule has 5 nitrogen and oxygen atoms in total. The van der Waals surface area contributed by atoms with E-state index in [-0.39, 0.29) is 0 Å². The Labute approximate surface area is 115 Å². The van der Waals surface area contributed by atoms with E-state index in [1.165, 1.54) is 0 Å². The second-order valence-corrected chi connectivity index (χ2v) is 4.46. The van der Waals surface area contributed by atoms with Gasteiger partial charge in [-0.2, -0.15) is 5.26 Å². The van der Waals surface area contributed by atoms with Crippen LogP contribution in [0.15, 0.2) is 6.07 Å². The lowest BCUT2D eigenvalue weighted by molar-refractivity contribution is 0.202. The zero-order valence-corrected chi connectivity index (χ0v) is 12.2. The molecule has 0 aromatic carbocycles. The Morgan fingerprint density at radius 3 is 2.58 bits per heavy atom. The third-order valence-electron chi connectivity index (χ3n) is 3.13. The van der Waals surface area contributed by atoms with Crippen molar-refractivity contribution >= 4 is 5.95 Å². The van der Waals surface area contributed by atoms with Gasteiger partial charge in [0.25, 0.3) is 0 Å². The van der Waals surface area contributed by atoms with Gasteiger partial charge in [0.15, 0.2) is 0 Å². The largest absolute Gasteiger partial charge is 0.383 e. The van der Waals surface area contributed by atoms with Crippen LogP contribution in [0.1, 0.15) is 38.1 Å². The lowest BCUT2D eigenvalue weighted by atomic mass is 10.1. The molecule has 0 aliphatic heterocycles. The maximum Gasteiger partial charge on any atom is 0.227 e. The van der Waals surface area contributed by atoms with Gasteiger partial charge in [-0.1, -0.05) is 13.8 Å². The van der Waals surface area contributed by atoms with E-state index in [9.17, 15) is 0 Å². The van der Waals surface area contributed by atoms with E-state index in [1.807, 2.05) is 6.92 Å². The molecule has 0 saturated heterocycles. The van der Waals surface area contributed by atoms with Crippen LogP contribution in [0.3, 0.4) is 0 Å². The highest BCUT2D eigenvalue weighted by Gasteiger charge is 2.18.